The molecule has 3 nitrogen and oxygen atoms in total. The maximum Gasteiger partial charge on any atom is 0.306 e. The Morgan fingerprint density at radius 2 is 2.38 bits per heavy atom. The Bertz CT molecular complexity index is 398. The summed E-state index contributed by atoms with van der Waals surface area (Å²) in [7, 11) is 0. The highest BCUT2D eigenvalue weighted by Gasteiger charge is 2.25. The molecule has 0 aliphatic heterocycles. The molecule has 3 heteroatoms. The second-order valence-electron chi connectivity index (χ2n) is 4.15. The van der Waals surface area contributed by atoms with E-state index < -0.39 is 0 Å². The van der Waals surface area contributed by atoms with Crippen molar-refractivity contribution in [1.82, 2.24) is 0 Å². The Morgan fingerprint density at radius 1 is 1.56 bits per heavy atom. The van der Waals surface area contributed by atoms with Crippen molar-refractivity contribution in [2.75, 3.05) is 0 Å². The standard InChI is InChI=1S/C13H16O3/c1-2-3-13(15)16-12-7-4-9-8-10(14)5-6-11(9)12/h5-6,8,12,14H,2-4,7H2,1H3. The molecule has 86 valence electrons. The molecular weight excluding hydrogens is 204 g/mol. The van der Waals surface area contributed by atoms with Gasteiger partial charge in [-0.05, 0) is 42.5 Å². The first-order chi connectivity index (χ1) is 7.70. The minimum absolute atomic E-state index is 0.116. The van der Waals surface area contributed by atoms with E-state index in [9.17, 15) is 9.90 Å². The highest BCUT2D eigenvalue weighted by molar-refractivity contribution is 5.69. The second-order valence-corrected chi connectivity index (χ2v) is 4.15. The first-order valence-electron chi connectivity index (χ1n) is 5.72. The number of carbonyl (C=O) groups excluding carboxylic acids is 1. The second kappa shape index (κ2) is 4.56. The van der Waals surface area contributed by atoms with Crippen LogP contribution in [-0.2, 0) is 16.0 Å². The Kier molecular flexibility index (Phi) is 3.13. The number of rotatable bonds is 3. The molecule has 1 aliphatic rings. The number of aromatic hydroxyl groups is 1. The SMILES string of the molecule is CCCC(=O)OC1CCc2cc(O)ccc21. The fraction of sp³-hybridized carbons (Fsp3) is 0.462. The van der Waals surface area contributed by atoms with E-state index in [1.807, 2.05) is 13.0 Å². The van der Waals surface area contributed by atoms with Crippen LogP contribution in [-0.4, -0.2) is 11.1 Å². The molecule has 0 saturated heterocycles. The summed E-state index contributed by atoms with van der Waals surface area (Å²) >= 11 is 0. The van der Waals surface area contributed by atoms with Crippen LogP contribution in [0.5, 0.6) is 5.75 Å². The lowest BCUT2D eigenvalue weighted by molar-refractivity contribution is -0.149. The smallest absolute Gasteiger partial charge is 0.306 e. The van der Waals surface area contributed by atoms with Crippen molar-refractivity contribution in [3.05, 3.63) is 29.3 Å². The summed E-state index contributed by atoms with van der Waals surface area (Å²) < 4.78 is 5.40. The van der Waals surface area contributed by atoms with Gasteiger partial charge in [-0.3, -0.25) is 4.79 Å². The predicted molar refractivity (Wildman–Crippen MR) is 60.2 cm³/mol. The zero-order valence-corrected chi connectivity index (χ0v) is 9.40. The van der Waals surface area contributed by atoms with Crippen molar-refractivity contribution in [1.29, 1.82) is 0 Å². The maximum absolute atomic E-state index is 11.4. The fourth-order valence-corrected chi connectivity index (χ4v) is 2.11. The van der Waals surface area contributed by atoms with Crippen LogP contribution < -0.4 is 0 Å². The van der Waals surface area contributed by atoms with E-state index in [-0.39, 0.29) is 17.8 Å². The van der Waals surface area contributed by atoms with Crippen molar-refractivity contribution in [2.45, 2.75) is 38.7 Å². The van der Waals surface area contributed by atoms with Crippen molar-refractivity contribution in [3.63, 3.8) is 0 Å². The summed E-state index contributed by atoms with van der Waals surface area (Å²) in [6.07, 6.45) is 2.87. The summed E-state index contributed by atoms with van der Waals surface area (Å²) in [5, 5.41) is 9.34. The molecule has 0 spiro atoms. The van der Waals surface area contributed by atoms with Gasteiger partial charge in [-0.1, -0.05) is 13.0 Å². The van der Waals surface area contributed by atoms with Gasteiger partial charge in [0.25, 0.3) is 0 Å². The molecule has 0 heterocycles. The number of fused-ring (bicyclic) bond motifs is 1. The van der Waals surface area contributed by atoms with E-state index >= 15 is 0 Å². The molecular formula is C13H16O3. The zero-order valence-electron chi connectivity index (χ0n) is 9.40. The third-order valence-corrected chi connectivity index (χ3v) is 2.88. The lowest BCUT2D eigenvalue weighted by atomic mass is 10.1. The van der Waals surface area contributed by atoms with Crippen LogP contribution in [0.4, 0.5) is 0 Å². The number of ether oxygens (including phenoxy) is 1. The largest absolute Gasteiger partial charge is 0.508 e. The van der Waals surface area contributed by atoms with E-state index in [4.69, 9.17) is 4.74 Å². The van der Waals surface area contributed by atoms with Gasteiger partial charge < -0.3 is 9.84 Å². The van der Waals surface area contributed by atoms with Gasteiger partial charge in [0.05, 0.1) is 0 Å². The summed E-state index contributed by atoms with van der Waals surface area (Å²) in [6, 6.07) is 5.25. The number of benzene rings is 1. The molecule has 0 amide bonds. The Balaban J connectivity index is 2.09. The van der Waals surface area contributed by atoms with Gasteiger partial charge in [0.2, 0.25) is 0 Å². The molecule has 1 N–H and O–H groups in total. The summed E-state index contributed by atoms with van der Waals surface area (Å²) in [5.41, 5.74) is 2.14. The van der Waals surface area contributed by atoms with E-state index in [0.717, 1.165) is 30.4 Å². The zero-order chi connectivity index (χ0) is 11.5. The Labute approximate surface area is 95.0 Å². The topological polar surface area (TPSA) is 46.5 Å². The summed E-state index contributed by atoms with van der Waals surface area (Å²) in [5.74, 6) is 0.146. The predicted octanol–water partition coefficient (Wildman–Crippen LogP) is 2.72. The highest BCUT2D eigenvalue weighted by atomic mass is 16.5. The maximum atomic E-state index is 11.4. The molecule has 0 saturated carbocycles. The van der Waals surface area contributed by atoms with Crippen molar-refractivity contribution in [2.24, 2.45) is 0 Å². The Hall–Kier alpha value is -1.51. The van der Waals surface area contributed by atoms with Crippen LogP contribution in [0.25, 0.3) is 0 Å². The van der Waals surface area contributed by atoms with Crippen LogP contribution in [0, 0.1) is 0 Å². The number of esters is 1. The molecule has 0 aromatic heterocycles. The number of phenolic OH excluding ortho intramolecular Hbond substituents is 1. The third kappa shape index (κ3) is 2.18. The quantitative estimate of drug-likeness (QED) is 0.797. The van der Waals surface area contributed by atoms with Crippen LogP contribution in [0.3, 0.4) is 0 Å². The van der Waals surface area contributed by atoms with E-state index in [1.165, 1.54) is 0 Å². The van der Waals surface area contributed by atoms with Gasteiger partial charge in [-0.15, -0.1) is 0 Å². The number of hydrogen-bond donors (Lipinski definition) is 1. The minimum Gasteiger partial charge on any atom is -0.508 e. The highest BCUT2D eigenvalue weighted by Crippen LogP contribution is 2.35. The van der Waals surface area contributed by atoms with Gasteiger partial charge in [-0.25, -0.2) is 0 Å². The normalized spacial score (nSPS) is 18.2. The summed E-state index contributed by atoms with van der Waals surface area (Å²) in [6.45, 7) is 1.96. The minimum atomic E-state index is -0.131. The molecule has 1 atom stereocenters. The number of aryl methyl sites for hydroxylation is 1. The first-order valence-corrected chi connectivity index (χ1v) is 5.72. The molecule has 1 aliphatic carbocycles. The molecule has 2 rings (SSSR count). The molecule has 1 aromatic rings. The van der Waals surface area contributed by atoms with Crippen LogP contribution in [0.15, 0.2) is 18.2 Å². The molecule has 0 bridgehead atoms. The van der Waals surface area contributed by atoms with Crippen molar-refractivity contribution in [3.8, 4) is 5.75 Å². The van der Waals surface area contributed by atoms with E-state index in [2.05, 4.69) is 0 Å². The molecule has 1 unspecified atom stereocenters. The molecule has 1 aromatic carbocycles. The van der Waals surface area contributed by atoms with Gasteiger partial charge in [0, 0.05) is 6.42 Å². The number of carbonyl (C=O) groups is 1. The molecule has 16 heavy (non-hydrogen) atoms. The van der Waals surface area contributed by atoms with Gasteiger partial charge >= 0.3 is 5.97 Å². The van der Waals surface area contributed by atoms with Crippen molar-refractivity contribution >= 4 is 5.97 Å². The van der Waals surface area contributed by atoms with Gasteiger partial charge in [0.15, 0.2) is 0 Å². The van der Waals surface area contributed by atoms with E-state index in [1.54, 1.807) is 12.1 Å². The van der Waals surface area contributed by atoms with E-state index in [0.29, 0.717) is 6.42 Å². The van der Waals surface area contributed by atoms with Crippen molar-refractivity contribution < 1.29 is 14.6 Å². The number of hydrogen-bond acceptors (Lipinski definition) is 3. The van der Waals surface area contributed by atoms with Crippen LogP contribution in [0.2, 0.25) is 0 Å². The lowest BCUT2D eigenvalue weighted by Crippen LogP contribution is -2.08. The average Bonchev–Trinajstić information content (AvgIpc) is 2.61. The molecule has 0 fully saturated rings. The first kappa shape index (κ1) is 11.0. The molecule has 0 radical (unpaired) electrons. The third-order valence-electron chi connectivity index (χ3n) is 2.88. The summed E-state index contributed by atoms with van der Waals surface area (Å²) in [4.78, 5) is 11.4. The van der Waals surface area contributed by atoms with Crippen LogP contribution in [0.1, 0.15) is 43.4 Å². The van der Waals surface area contributed by atoms with Gasteiger partial charge in [0.1, 0.15) is 11.9 Å². The van der Waals surface area contributed by atoms with Crippen LogP contribution >= 0.6 is 0 Å². The fourth-order valence-electron chi connectivity index (χ4n) is 2.11. The Morgan fingerprint density at radius 3 is 3.12 bits per heavy atom. The number of phenols is 1. The lowest BCUT2D eigenvalue weighted by Gasteiger charge is -2.13. The van der Waals surface area contributed by atoms with Gasteiger partial charge in [-0.2, -0.15) is 0 Å². The average molecular weight is 220 g/mol. The monoisotopic (exact) mass is 220 g/mol.